The molecule has 0 fully saturated rings. The van der Waals surface area contributed by atoms with E-state index in [2.05, 4.69) is 30.6 Å². The fourth-order valence-electron chi connectivity index (χ4n) is 2.58. The van der Waals surface area contributed by atoms with Crippen LogP contribution in [0.3, 0.4) is 0 Å². The van der Waals surface area contributed by atoms with Gasteiger partial charge in [-0.3, -0.25) is 5.10 Å². The number of aromatic amines is 1. The molecule has 0 aliphatic heterocycles. The molecule has 0 radical (unpaired) electrons. The first-order valence-corrected chi connectivity index (χ1v) is 9.10. The highest BCUT2D eigenvalue weighted by atomic mass is 32.2. The van der Waals surface area contributed by atoms with Gasteiger partial charge in [-0.1, -0.05) is 6.07 Å². The molecule has 3 aromatic heterocycles. The van der Waals surface area contributed by atoms with E-state index in [-0.39, 0.29) is 0 Å². The Bertz CT molecular complexity index is 1040. The third-order valence-corrected chi connectivity index (χ3v) is 4.50. The van der Waals surface area contributed by atoms with Gasteiger partial charge in [0.05, 0.1) is 29.7 Å². The van der Waals surface area contributed by atoms with Gasteiger partial charge in [0.15, 0.2) is 5.82 Å². The van der Waals surface area contributed by atoms with Crippen molar-refractivity contribution in [2.45, 2.75) is 11.9 Å². The predicted octanol–water partition coefficient (Wildman–Crippen LogP) is 2.33. The van der Waals surface area contributed by atoms with Gasteiger partial charge >= 0.3 is 0 Å². The average Bonchev–Trinajstić information content (AvgIpc) is 3.23. The number of aromatic nitrogens is 6. The molecule has 9 heteroatoms. The summed E-state index contributed by atoms with van der Waals surface area (Å²) in [5.74, 6) is 1.84. The number of aryl methyl sites for hydroxylation is 1. The highest BCUT2D eigenvalue weighted by Gasteiger charge is 2.14. The minimum Gasteiger partial charge on any atom is -0.610 e. The van der Waals surface area contributed by atoms with Gasteiger partial charge in [0.1, 0.15) is 17.9 Å². The predicted molar refractivity (Wildman–Crippen MR) is 95.6 cm³/mol. The Hall–Kier alpha value is -2.91. The Balaban J connectivity index is 1.75. The Labute approximate surface area is 146 Å². The number of nitrogens with zero attached hydrogens (tertiary/aromatic N) is 5. The van der Waals surface area contributed by atoms with Gasteiger partial charge in [-0.2, -0.15) is 19.9 Å². The molecule has 0 aliphatic carbocycles. The number of benzene rings is 1. The molecule has 4 rings (SSSR count). The second kappa shape index (κ2) is 6.19. The van der Waals surface area contributed by atoms with Crippen molar-refractivity contribution in [1.82, 2.24) is 29.9 Å². The van der Waals surface area contributed by atoms with Crippen molar-refractivity contribution in [3.63, 3.8) is 0 Å². The zero-order valence-electron chi connectivity index (χ0n) is 13.6. The molecule has 1 unspecified atom stereocenters. The van der Waals surface area contributed by atoms with Gasteiger partial charge in [0.2, 0.25) is 5.03 Å². The molecule has 3 heterocycles. The maximum absolute atomic E-state index is 11.8. The van der Waals surface area contributed by atoms with Gasteiger partial charge in [-0.05, 0) is 19.1 Å². The van der Waals surface area contributed by atoms with Gasteiger partial charge in [0, 0.05) is 22.6 Å². The lowest BCUT2D eigenvalue weighted by Gasteiger charge is -2.11. The van der Waals surface area contributed by atoms with E-state index in [9.17, 15) is 4.55 Å². The van der Waals surface area contributed by atoms with E-state index in [1.165, 1.54) is 0 Å². The summed E-state index contributed by atoms with van der Waals surface area (Å²) < 4.78 is 13.4. The third kappa shape index (κ3) is 2.94. The summed E-state index contributed by atoms with van der Waals surface area (Å²) in [6.45, 7) is 1.77. The van der Waals surface area contributed by atoms with Gasteiger partial charge in [-0.15, -0.1) is 0 Å². The summed E-state index contributed by atoms with van der Waals surface area (Å²) in [4.78, 5) is 8.62. The minimum absolute atomic E-state index is 0.473. The Morgan fingerprint density at radius 1 is 1.24 bits per heavy atom. The number of hydrogen-bond donors (Lipinski definition) is 2. The molecule has 0 spiro atoms. The summed E-state index contributed by atoms with van der Waals surface area (Å²) in [6.07, 6.45) is 5.04. The third-order valence-electron chi connectivity index (χ3n) is 3.70. The van der Waals surface area contributed by atoms with E-state index >= 15 is 0 Å². The molecule has 1 aromatic carbocycles. The Morgan fingerprint density at radius 2 is 2.12 bits per heavy atom. The van der Waals surface area contributed by atoms with Crippen LogP contribution in [-0.2, 0) is 11.2 Å². The zero-order chi connectivity index (χ0) is 17.4. The van der Waals surface area contributed by atoms with Crippen LogP contribution >= 0.6 is 0 Å². The Kier molecular flexibility index (Phi) is 3.86. The molecule has 4 aromatic rings. The normalized spacial score (nSPS) is 12.4. The van der Waals surface area contributed by atoms with Crippen LogP contribution < -0.4 is 5.32 Å². The summed E-state index contributed by atoms with van der Waals surface area (Å²) in [7, 11) is 0. The van der Waals surface area contributed by atoms with Crippen molar-refractivity contribution in [2.24, 2.45) is 0 Å². The fraction of sp³-hybridized carbons (Fsp3) is 0.125. The van der Waals surface area contributed by atoms with Crippen LogP contribution in [0.25, 0.3) is 16.7 Å². The number of rotatable bonds is 4. The SMILES string of the molecule is Cc1nc(-n2nccc2Nc2cccc3[nH]ncc23)cc([S+](C)[O-])n1. The second-order valence-corrected chi connectivity index (χ2v) is 6.78. The average molecular weight is 353 g/mol. The number of anilines is 2. The van der Waals surface area contributed by atoms with Crippen LogP contribution in [0.5, 0.6) is 0 Å². The molecule has 0 saturated carbocycles. The molecule has 0 saturated heterocycles. The molecule has 0 bridgehead atoms. The summed E-state index contributed by atoms with van der Waals surface area (Å²) in [5.41, 5.74) is 1.84. The number of fused-ring (bicyclic) bond motifs is 1. The van der Waals surface area contributed by atoms with E-state index < -0.39 is 11.2 Å². The van der Waals surface area contributed by atoms with E-state index in [1.54, 1.807) is 36.3 Å². The smallest absolute Gasteiger partial charge is 0.249 e. The first-order chi connectivity index (χ1) is 12.1. The van der Waals surface area contributed by atoms with Crippen molar-refractivity contribution in [3.8, 4) is 5.82 Å². The highest BCUT2D eigenvalue weighted by molar-refractivity contribution is 7.90. The summed E-state index contributed by atoms with van der Waals surface area (Å²) >= 11 is -1.19. The largest absolute Gasteiger partial charge is 0.610 e. The lowest BCUT2D eigenvalue weighted by atomic mass is 10.2. The standard InChI is InChI=1S/C16H15N7OS/c1-10-19-15(8-16(20-10)25(2)24)23-14(6-7-18-23)21-12-4-3-5-13-11(12)9-17-22-13/h3-9,21H,1-2H3,(H,17,22). The van der Waals surface area contributed by atoms with Crippen molar-refractivity contribution in [1.29, 1.82) is 0 Å². The number of H-pyrrole nitrogens is 1. The monoisotopic (exact) mass is 353 g/mol. The highest BCUT2D eigenvalue weighted by Crippen LogP contribution is 2.26. The molecule has 2 N–H and O–H groups in total. The van der Waals surface area contributed by atoms with Crippen molar-refractivity contribution < 1.29 is 4.55 Å². The summed E-state index contributed by atoms with van der Waals surface area (Å²) in [5, 5.41) is 16.2. The molecular weight excluding hydrogens is 338 g/mol. The summed E-state index contributed by atoms with van der Waals surface area (Å²) in [6, 6.07) is 9.39. The minimum atomic E-state index is -1.19. The molecule has 0 amide bonds. The van der Waals surface area contributed by atoms with Crippen LogP contribution in [0.15, 0.2) is 47.8 Å². The van der Waals surface area contributed by atoms with Gasteiger partial charge in [-0.25, -0.2) is 4.98 Å². The second-order valence-electron chi connectivity index (χ2n) is 5.46. The molecule has 0 aliphatic rings. The lowest BCUT2D eigenvalue weighted by Crippen LogP contribution is -2.10. The van der Waals surface area contributed by atoms with Crippen molar-refractivity contribution >= 4 is 33.6 Å². The van der Waals surface area contributed by atoms with Crippen LogP contribution in [0, 0.1) is 6.92 Å². The molecule has 8 nitrogen and oxygen atoms in total. The lowest BCUT2D eigenvalue weighted by molar-refractivity contribution is 0.595. The molecule has 126 valence electrons. The number of nitrogens with one attached hydrogen (secondary N) is 2. The van der Waals surface area contributed by atoms with Gasteiger partial charge < -0.3 is 9.87 Å². The number of hydrogen-bond acceptors (Lipinski definition) is 6. The van der Waals surface area contributed by atoms with Crippen molar-refractivity contribution in [3.05, 3.63) is 48.5 Å². The van der Waals surface area contributed by atoms with E-state index in [1.807, 2.05) is 24.3 Å². The molecule has 1 atom stereocenters. The maximum atomic E-state index is 11.8. The van der Waals surface area contributed by atoms with Gasteiger partial charge in [0.25, 0.3) is 0 Å². The Morgan fingerprint density at radius 3 is 2.96 bits per heavy atom. The van der Waals surface area contributed by atoms with Crippen LogP contribution in [0.1, 0.15) is 5.82 Å². The topological polar surface area (TPSA) is 107 Å². The quantitative estimate of drug-likeness (QED) is 0.431. The van der Waals surface area contributed by atoms with Crippen LogP contribution in [-0.4, -0.2) is 40.8 Å². The van der Waals surface area contributed by atoms with Crippen molar-refractivity contribution in [2.75, 3.05) is 11.6 Å². The first-order valence-electron chi connectivity index (χ1n) is 7.54. The van der Waals surface area contributed by atoms with Crippen LogP contribution in [0.4, 0.5) is 11.5 Å². The van der Waals surface area contributed by atoms with E-state index in [0.29, 0.717) is 16.7 Å². The molecule has 25 heavy (non-hydrogen) atoms. The zero-order valence-corrected chi connectivity index (χ0v) is 14.4. The van der Waals surface area contributed by atoms with E-state index in [0.717, 1.165) is 22.4 Å². The fourth-order valence-corrected chi connectivity index (χ4v) is 3.11. The van der Waals surface area contributed by atoms with E-state index in [4.69, 9.17) is 0 Å². The first kappa shape index (κ1) is 15.6. The maximum Gasteiger partial charge on any atom is 0.249 e. The molecular formula is C16H15N7OS. The van der Waals surface area contributed by atoms with Crippen LogP contribution in [0.2, 0.25) is 0 Å².